The van der Waals surface area contributed by atoms with Crippen LogP contribution in [-0.4, -0.2) is 28.8 Å². The van der Waals surface area contributed by atoms with Crippen LogP contribution in [0.3, 0.4) is 0 Å². The Labute approximate surface area is 124 Å². The molecule has 0 spiro atoms. The Morgan fingerprint density at radius 2 is 2.29 bits per heavy atom. The summed E-state index contributed by atoms with van der Waals surface area (Å²) in [7, 11) is -2.68. The average molecular weight is 311 g/mol. The van der Waals surface area contributed by atoms with Gasteiger partial charge in [0.1, 0.15) is 5.82 Å². The molecule has 114 valence electrons. The first-order valence-electron chi connectivity index (χ1n) is 7.18. The average Bonchev–Trinajstić information content (AvgIpc) is 2.49. The standard InChI is InChI=1S/C14H19N2O4P/c17-13(10-20-21(18)19)6-2-1-5-12-8-7-11-4-3-9-15-14(11)16-12/h7-8H,1-6,9-10H2,(H-,15,16,18,19)/p+1. The molecule has 1 aromatic heterocycles. The summed E-state index contributed by atoms with van der Waals surface area (Å²) in [6, 6.07) is 4.17. The van der Waals surface area contributed by atoms with Crippen LogP contribution < -0.4 is 5.32 Å². The first-order valence-corrected chi connectivity index (χ1v) is 8.31. The van der Waals surface area contributed by atoms with Crippen LogP contribution in [0.5, 0.6) is 0 Å². The van der Waals surface area contributed by atoms with E-state index in [0.29, 0.717) is 6.42 Å². The van der Waals surface area contributed by atoms with Crippen LogP contribution in [0.4, 0.5) is 5.82 Å². The number of Topliss-reactive ketones (excluding diaryl/α,β-unsaturated/α-hetero) is 1. The van der Waals surface area contributed by atoms with Gasteiger partial charge in [0.25, 0.3) is 0 Å². The van der Waals surface area contributed by atoms with Gasteiger partial charge in [0.05, 0.1) is 0 Å². The van der Waals surface area contributed by atoms with Gasteiger partial charge >= 0.3 is 8.25 Å². The Kier molecular flexibility index (Phi) is 6.23. The number of hydrogen-bond donors (Lipinski definition) is 2. The minimum Gasteiger partial charge on any atom is -0.370 e. The third kappa shape index (κ3) is 5.50. The molecule has 2 heterocycles. The first-order chi connectivity index (χ1) is 10.1. The van der Waals surface area contributed by atoms with Gasteiger partial charge in [0.15, 0.2) is 12.4 Å². The number of ketones is 1. The molecule has 0 aliphatic carbocycles. The number of nitrogens with one attached hydrogen (secondary N) is 1. The normalized spacial score (nSPS) is 14.2. The van der Waals surface area contributed by atoms with Crippen LogP contribution in [0.15, 0.2) is 12.1 Å². The van der Waals surface area contributed by atoms with E-state index in [1.54, 1.807) is 0 Å². The van der Waals surface area contributed by atoms with E-state index in [1.165, 1.54) is 5.56 Å². The molecule has 0 bridgehead atoms. The van der Waals surface area contributed by atoms with E-state index in [0.717, 1.165) is 50.2 Å². The second-order valence-electron chi connectivity index (χ2n) is 5.10. The highest BCUT2D eigenvalue weighted by molar-refractivity contribution is 7.32. The van der Waals surface area contributed by atoms with Crippen molar-refractivity contribution in [2.45, 2.75) is 38.5 Å². The summed E-state index contributed by atoms with van der Waals surface area (Å²) in [6.45, 7) is 0.692. The number of aromatic nitrogens is 1. The van der Waals surface area contributed by atoms with Crippen LogP contribution in [-0.2, 0) is 26.7 Å². The fourth-order valence-electron chi connectivity index (χ4n) is 2.34. The van der Waals surface area contributed by atoms with Crippen LogP contribution in [0.25, 0.3) is 0 Å². The van der Waals surface area contributed by atoms with Crippen molar-refractivity contribution in [2.75, 3.05) is 18.5 Å². The molecule has 2 N–H and O–H groups in total. The molecule has 1 unspecified atom stereocenters. The Morgan fingerprint density at radius 3 is 3.10 bits per heavy atom. The first kappa shape index (κ1) is 16.0. The Morgan fingerprint density at radius 1 is 1.43 bits per heavy atom. The molecule has 0 amide bonds. The summed E-state index contributed by atoms with van der Waals surface area (Å²) in [6.07, 6.45) is 5.03. The van der Waals surface area contributed by atoms with Crippen LogP contribution in [0.1, 0.15) is 36.9 Å². The monoisotopic (exact) mass is 311 g/mol. The molecule has 0 saturated carbocycles. The SMILES string of the molecule is O=C(CCCCc1ccc2c(n1)NCCC2)CO[P+](=O)O. The summed E-state index contributed by atoms with van der Waals surface area (Å²) in [5, 5.41) is 3.31. The molecule has 7 heteroatoms. The topological polar surface area (TPSA) is 88.5 Å². The van der Waals surface area contributed by atoms with E-state index < -0.39 is 8.25 Å². The summed E-state index contributed by atoms with van der Waals surface area (Å²) in [5.41, 5.74) is 2.31. The quantitative estimate of drug-likeness (QED) is 0.566. The van der Waals surface area contributed by atoms with E-state index in [4.69, 9.17) is 4.89 Å². The molecule has 1 aliphatic rings. The number of aryl methyl sites for hydroxylation is 2. The second kappa shape index (κ2) is 8.17. The number of carbonyl (C=O) groups is 1. The minimum absolute atomic E-state index is 0.146. The van der Waals surface area contributed by atoms with Gasteiger partial charge < -0.3 is 5.32 Å². The molecule has 0 radical (unpaired) electrons. The molecule has 0 aromatic carbocycles. The maximum absolute atomic E-state index is 11.4. The van der Waals surface area contributed by atoms with E-state index in [1.807, 2.05) is 6.07 Å². The van der Waals surface area contributed by atoms with Crippen molar-refractivity contribution < 1.29 is 18.8 Å². The summed E-state index contributed by atoms with van der Waals surface area (Å²) in [4.78, 5) is 24.4. The zero-order valence-corrected chi connectivity index (χ0v) is 12.8. The fraction of sp³-hybridized carbons (Fsp3) is 0.571. The second-order valence-corrected chi connectivity index (χ2v) is 5.83. The zero-order chi connectivity index (χ0) is 15.1. The number of pyridine rings is 1. The van der Waals surface area contributed by atoms with Crippen molar-refractivity contribution >= 4 is 19.9 Å². The zero-order valence-electron chi connectivity index (χ0n) is 11.9. The maximum Gasteiger partial charge on any atom is 0.695 e. The van der Waals surface area contributed by atoms with E-state index >= 15 is 0 Å². The Hall–Kier alpha value is -1.36. The molecule has 1 atom stereocenters. The lowest BCUT2D eigenvalue weighted by Gasteiger charge is -2.17. The van der Waals surface area contributed by atoms with Crippen molar-refractivity contribution in [1.82, 2.24) is 4.98 Å². The number of anilines is 1. The number of nitrogens with zero attached hydrogens (tertiary/aromatic N) is 1. The summed E-state index contributed by atoms with van der Waals surface area (Å²) >= 11 is 0. The number of carbonyl (C=O) groups excluding carboxylic acids is 1. The molecule has 21 heavy (non-hydrogen) atoms. The van der Waals surface area contributed by atoms with Gasteiger partial charge in [-0.25, -0.2) is 4.98 Å². The molecule has 1 aromatic rings. The largest absolute Gasteiger partial charge is 0.695 e. The van der Waals surface area contributed by atoms with Gasteiger partial charge in [0, 0.05) is 23.2 Å². The van der Waals surface area contributed by atoms with E-state index in [2.05, 4.69) is 20.9 Å². The molecule has 0 saturated heterocycles. The molecular formula is C14H20N2O4P+. The predicted molar refractivity (Wildman–Crippen MR) is 79.4 cm³/mol. The Bertz CT molecular complexity index is 522. The lowest BCUT2D eigenvalue weighted by Crippen LogP contribution is -2.14. The minimum atomic E-state index is -2.68. The van der Waals surface area contributed by atoms with Crippen molar-refractivity contribution in [3.8, 4) is 0 Å². The van der Waals surface area contributed by atoms with Crippen molar-refractivity contribution in [3.05, 3.63) is 23.4 Å². The summed E-state index contributed by atoms with van der Waals surface area (Å²) in [5.74, 6) is 0.849. The maximum atomic E-state index is 11.4. The fourth-order valence-corrected chi connectivity index (χ4v) is 2.59. The molecule has 1 aliphatic heterocycles. The van der Waals surface area contributed by atoms with Crippen molar-refractivity contribution in [3.63, 3.8) is 0 Å². The number of hydrogen-bond acceptors (Lipinski definition) is 5. The molecule has 6 nitrogen and oxygen atoms in total. The van der Waals surface area contributed by atoms with E-state index in [9.17, 15) is 9.36 Å². The lowest BCUT2D eigenvalue weighted by atomic mass is 10.1. The highest BCUT2D eigenvalue weighted by Gasteiger charge is 2.15. The number of rotatable bonds is 8. The van der Waals surface area contributed by atoms with Crippen LogP contribution in [0.2, 0.25) is 0 Å². The lowest BCUT2D eigenvalue weighted by molar-refractivity contribution is -0.121. The van der Waals surface area contributed by atoms with Gasteiger partial charge in [-0.15, -0.1) is 9.42 Å². The van der Waals surface area contributed by atoms with Gasteiger partial charge in [-0.1, -0.05) is 6.07 Å². The summed E-state index contributed by atoms with van der Waals surface area (Å²) < 4.78 is 14.7. The molecule has 2 rings (SSSR count). The molecular weight excluding hydrogens is 291 g/mol. The van der Waals surface area contributed by atoms with Crippen LogP contribution in [0, 0.1) is 0 Å². The Balaban J connectivity index is 1.69. The van der Waals surface area contributed by atoms with Crippen molar-refractivity contribution in [2.24, 2.45) is 0 Å². The van der Waals surface area contributed by atoms with Gasteiger partial charge in [-0.2, -0.15) is 0 Å². The third-order valence-electron chi connectivity index (χ3n) is 3.43. The van der Waals surface area contributed by atoms with Gasteiger partial charge in [0.2, 0.25) is 0 Å². The number of fused-ring (bicyclic) bond motifs is 1. The smallest absolute Gasteiger partial charge is 0.370 e. The predicted octanol–water partition coefficient (Wildman–Crippen LogP) is 2.39. The number of unbranched alkanes of at least 4 members (excludes halogenated alkanes) is 1. The van der Waals surface area contributed by atoms with Gasteiger partial charge in [-0.05, 0) is 43.7 Å². The van der Waals surface area contributed by atoms with Gasteiger partial charge in [-0.3, -0.25) is 4.79 Å². The molecule has 0 fully saturated rings. The van der Waals surface area contributed by atoms with Crippen LogP contribution >= 0.6 is 8.25 Å². The van der Waals surface area contributed by atoms with E-state index in [-0.39, 0.29) is 12.4 Å². The van der Waals surface area contributed by atoms with Crippen molar-refractivity contribution in [1.29, 1.82) is 0 Å². The highest BCUT2D eigenvalue weighted by atomic mass is 31.1. The highest BCUT2D eigenvalue weighted by Crippen LogP contribution is 2.20. The third-order valence-corrected chi connectivity index (χ3v) is 3.78.